The number of amides is 2. The number of esters is 2. The number of aryl methyl sites for hydroxylation is 2. The van der Waals surface area contributed by atoms with Crippen molar-refractivity contribution in [1.82, 2.24) is 0 Å². The second-order valence-electron chi connectivity index (χ2n) is 9.16. The number of hydrogen-bond acceptors (Lipinski definition) is 5. The molecule has 0 aliphatic heterocycles. The summed E-state index contributed by atoms with van der Waals surface area (Å²) in [6.45, 7) is 7.78. The van der Waals surface area contributed by atoms with Crippen molar-refractivity contribution < 1.29 is 23.9 Å². The SMILES string of the molecule is C/C=C(\C)C(=O)OCCCc1cccc(N(C)C(=O)N(C)c2cccc(CCCOC(=O)/C(C)=C/C)c2)c1. The number of nitrogens with zero attached hydrogens (tertiary/aromatic N) is 2. The summed E-state index contributed by atoms with van der Waals surface area (Å²) in [6, 6.07) is 15.5. The molecule has 0 aliphatic rings. The second-order valence-corrected chi connectivity index (χ2v) is 9.16. The van der Waals surface area contributed by atoms with Gasteiger partial charge in [0.25, 0.3) is 0 Å². The first kappa shape index (κ1) is 30.4. The largest absolute Gasteiger partial charge is 0.462 e. The molecule has 2 rings (SSSR count). The Hall–Kier alpha value is -3.87. The molecule has 0 bridgehead atoms. The standard InChI is InChI=1S/C31H40N2O5/c1-7-23(3)29(34)37-19-11-15-25-13-9-17-27(21-25)32(5)31(36)33(6)28-18-10-14-26(22-28)16-12-20-38-30(35)24(4)8-2/h7-10,13-14,17-18,21-22H,11-12,15-16,19-20H2,1-6H3/b23-7+,24-8+. The lowest BCUT2D eigenvalue weighted by Gasteiger charge is -2.26. The Kier molecular flexibility index (Phi) is 12.3. The van der Waals surface area contributed by atoms with Crippen molar-refractivity contribution in [3.8, 4) is 0 Å². The van der Waals surface area contributed by atoms with E-state index in [9.17, 15) is 14.4 Å². The van der Waals surface area contributed by atoms with E-state index in [2.05, 4.69) is 0 Å². The Balaban J connectivity index is 1.93. The van der Waals surface area contributed by atoms with Gasteiger partial charge in [-0.05, 0) is 88.8 Å². The van der Waals surface area contributed by atoms with Crippen molar-refractivity contribution >= 4 is 29.3 Å². The number of anilines is 2. The molecule has 7 nitrogen and oxygen atoms in total. The molecule has 7 heteroatoms. The number of urea groups is 1. The van der Waals surface area contributed by atoms with E-state index < -0.39 is 0 Å². The van der Waals surface area contributed by atoms with Crippen molar-refractivity contribution in [2.45, 2.75) is 53.4 Å². The van der Waals surface area contributed by atoms with Crippen LogP contribution in [0.4, 0.5) is 16.2 Å². The molecule has 0 N–H and O–H groups in total. The first-order valence-corrected chi connectivity index (χ1v) is 13.0. The number of allylic oxidation sites excluding steroid dienone is 2. The topological polar surface area (TPSA) is 76.2 Å². The highest BCUT2D eigenvalue weighted by molar-refractivity contribution is 6.02. The molecule has 38 heavy (non-hydrogen) atoms. The highest BCUT2D eigenvalue weighted by Gasteiger charge is 2.18. The van der Waals surface area contributed by atoms with Crippen LogP contribution in [0.2, 0.25) is 0 Å². The minimum Gasteiger partial charge on any atom is -0.462 e. The van der Waals surface area contributed by atoms with Gasteiger partial charge in [-0.15, -0.1) is 0 Å². The fourth-order valence-corrected chi connectivity index (χ4v) is 3.63. The van der Waals surface area contributed by atoms with Gasteiger partial charge in [0.05, 0.1) is 13.2 Å². The number of carbonyl (C=O) groups is 3. The van der Waals surface area contributed by atoms with Crippen LogP contribution in [0.5, 0.6) is 0 Å². The smallest absolute Gasteiger partial charge is 0.333 e. The molecular formula is C31H40N2O5. The van der Waals surface area contributed by atoms with E-state index in [1.54, 1.807) is 49.9 Å². The van der Waals surface area contributed by atoms with Crippen LogP contribution >= 0.6 is 0 Å². The summed E-state index contributed by atoms with van der Waals surface area (Å²) in [4.78, 5) is 40.0. The van der Waals surface area contributed by atoms with Gasteiger partial charge in [0, 0.05) is 36.6 Å². The lowest BCUT2D eigenvalue weighted by molar-refractivity contribution is -0.139. The Morgan fingerprint density at radius 3 is 1.47 bits per heavy atom. The zero-order valence-corrected chi connectivity index (χ0v) is 23.5. The van der Waals surface area contributed by atoms with Gasteiger partial charge in [-0.2, -0.15) is 0 Å². The fourth-order valence-electron chi connectivity index (χ4n) is 3.63. The monoisotopic (exact) mass is 520 g/mol. The minimum absolute atomic E-state index is 0.161. The molecule has 2 aromatic carbocycles. The Morgan fingerprint density at radius 2 is 1.11 bits per heavy atom. The molecule has 0 atom stereocenters. The maximum Gasteiger partial charge on any atom is 0.333 e. The van der Waals surface area contributed by atoms with Gasteiger partial charge in [-0.25, -0.2) is 14.4 Å². The van der Waals surface area contributed by atoms with Crippen LogP contribution in [0.15, 0.2) is 71.8 Å². The molecule has 0 aliphatic carbocycles. The normalized spacial score (nSPS) is 11.6. The van der Waals surface area contributed by atoms with Gasteiger partial charge >= 0.3 is 18.0 Å². The zero-order valence-electron chi connectivity index (χ0n) is 23.5. The summed E-state index contributed by atoms with van der Waals surface area (Å²) >= 11 is 0. The molecule has 0 saturated carbocycles. The predicted octanol–water partition coefficient (Wildman–Crippen LogP) is 6.26. The van der Waals surface area contributed by atoms with E-state index in [0.717, 1.165) is 35.3 Å². The number of hydrogen-bond donors (Lipinski definition) is 0. The zero-order chi connectivity index (χ0) is 28.1. The van der Waals surface area contributed by atoms with E-state index in [1.165, 1.54) is 0 Å². The summed E-state index contributed by atoms with van der Waals surface area (Å²) < 4.78 is 10.6. The van der Waals surface area contributed by atoms with Gasteiger partial charge in [-0.3, -0.25) is 9.80 Å². The third-order valence-corrected chi connectivity index (χ3v) is 6.37. The van der Waals surface area contributed by atoms with E-state index in [1.807, 2.05) is 62.4 Å². The number of ether oxygens (including phenoxy) is 2. The number of benzene rings is 2. The van der Waals surface area contributed by atoms with Crippen molar-refractivity contribution in [1.29, 1.82) is 0 Å². The van der Waals surface area contributed by atoms with Crippen LogP contribution in [0.3, 0.4) is 0 Å². The first-order valence-electron chi connectivity index (χ1n) is 13.0. The lowest BCUT2D eigenvalue weighted by Crippen LogP contribution is -2.39. The lowest BCUT2D eigenvalue weighted by atomic mass is 10.1. The summed E-state index contributed by atoms with van der Waals surface area (Å²) in [6.07, 6.45) is 6.34. The molecule has 0 aromatic heterocycles. The van der Waals surface area contributed by atoms with Crippen molar-refractivity contribution in [3.63, 3.8) is 0 Å². The number of carbonyl (C=O) groups excluding carboxylic acids is 3. The molecule has 0 spiro atoms. The highest BCUT2D eigenvalue weighted by Crippen LogP contribution is 2.21. The van der Waals surface area contributed by atoms with Crippen molar-refractivity contribution in [2.75, 3.05) is 37.1 Å². The van der Waals surface area contributed by atoms with E-state index >= 15 is 0 Å². The van der Waals surface area contributed by atoms with Crippen LogP contribution < -0.4 is 9.80 Å². The van der Waals surface area contributed by atoms with Crippen LogP contribution in [0.25, 0.3) is 0 Å². The Labute approximate surface area is 226 Å². The quantitative estimate of drug-likeness (QED) is 0.187. The van der Waals surface area contributed by atoms with Crippen molar-refractivity contribution in [2.24, 2.45) is 0 Å². The molecule has 0 heterocycles. The minimum atomic E-state index is -0.290. The third-order valence-electron chi connectivity index (χ3n) is 6.37. The summed E-state index contributed by atoms with van der Waals surface area (Å²) in [7, 11) is 3.51. The highest BCUT2D eigenvalue weighted by atomic mass is 16.5. The van der Waals surface area contributed by atoms with Crippen LogP contribution in [0, 0.1) is 0 Å². The average Bonchev–Trinajstić information content (AvgIpc) is 2.95. The van der Waals surface area contributed by atoms with Crippen molar-refractivity contribution in [3.05, 3.63) is 83.0 Å². The van der Waals surface area contributed by atoms with Crippen LogP contribution in [-0.4, -0.2) is 45.3 Å². The van der Waals surface area contributed by atoms with Gasteiger partial charge in [0.2, 0.25) is 0 Å². The molecule has 2 amide bonds. The van der Waals surface area contributed by atoms with E-state index in [0.29, 0.717) is 37.2 Å². The Morgan fingerprint density at radius 1 is 0.711 bits per heavy atom. The van der Waals surface area contributed by atoms with Gasteiger partial charge < -0.3 is 9.47 Å². The third kappa shape index (κ3) is 9.21. The number of rotatable bonds is 12. The molecular weight excluding hydrogens is 480 g/mol. The molecule has 204 valence electrons. The van der Waals surface area contributed by atoms with Gasteiger partial charge in [0.15, 0.2) is 0 Å². The fraction of sp³-hybridized carbons (Fsp3) is 0.387. The molecule has 0 fully saturated rings. The summed E-state index contributed by atoms with van der Waals surface area (Å²) in [5, 5.41) is 0. The predicted molar refractivity (Wildman–Crippen MR) is 153 cm³/mol. The second kappa shape index (κ2) is 15.4. The molecule has 2 aromatic rings. The van der Waals surface area contributed by atoms with Crippen LogP contribution in [0.1, 0.15) is 51.7 Å². The summed E-state index contributed by atoms with van der Waals surface area (Å²) in [5.74, 6) is -0.580. The Bertz CT molecular complexity index is 1080. The average molecular weight is 521 g/mol. The molecule has 0 saturated heterocycles. The van der Waals surface area contributed by atoms with Gasteiger partial charge in [0.1, 0.15) is 0 Å². The van der Waals surface area contributed by atoms with E-state index in [4.69, 9.17) is 9.47 Å². The van der Waals surface area contributed by atoms with Gasteiger partial charge in [-0.1, -0.05) is 36.4 Å². The maximum absolute atomic E-state index is 13.2. The van der Waals surface area contributed by atoms with E-state index in [-0.39, 0.29) is 18.0 Å². The molecule has 0 unspecified atom stereocenters. The molecule has 0 radical (unpaired) electrons. The first-order chi connectivity index (χ1) is 18.2. The maximum atomic E-state index is 13.2. The summed E-state index contributed by atoms with van der Waals surface area (Å²) in [5.41, 5.74) is 4.91. The van der Waals surface area contributed by atoms with Crippen LogP contribution in [-0.2, 0) is 31.9 Å².